The van der Waals surface area contributed by atoms with E-state index in [0.29, 0.717) is 22.6 Å². The summed E-state index contributed by atoms with van der Waals surface area (Å²) in [6.45, 7) is 1.56. The Hall–Kier alpha value is -3.81. The normalized spacial score (nSPS) is 13.0. The summed E-state index contributed by atoms with van der Waals surface area (Å²) in [5.41, 5.74) is 5.58. The number of ether oxygens (including phenoxy) is 3. The molecule has 0 fully saturated rings. The van der Waals surface area contributed by atoms with Gasteiger partial charge in [-0.15, -0.1) is 0 Å². The number of rotatable bonds is 5. The largest absolute Gasteiger partial charge is 0.454 e. The van der Waals surface area contributed by atoms with Crippen molar-refractivity contribution in [2.45, 2.75) is 13.0 Å². The number of carbonyl (C=O) groups is 3. The van der Waals surface area contributed by atoms with Gasteiger partial charge in [0.15, 0.2) is 17.6 Å². The molecule has 144 valence electrons. The summed E-state index contributed by atoms with van der Waals surface area (Å²) in [5.74, 6) is -0.598. The Balaban J connectivity index is 1.46. The van der Waals surface area contributed by atoms with Crippen LogP contribution < -0.4 is 20.3 Å². The highest BCUT2D eigenvalue weighted by molar-refractivity contribution is 5.96. The monoisotopic (exact) mass is 382 g/mol. The van der Waals surface area contributed by atoms with Crippen molar-refractivity contribution >= 4 is 23.9 Å². The second-order valence-electron chi connectivity index (χ2n) is 5.83. The lowest BCUT2D eigenvalue weighted by atomic mass is 10.2. The van der Waals surface area contributed by atoms with Gasteiger partial charge in [0.05, 0.1) is 0 Å². The van der Waals surface area contributed by atoms with Crippen LogP contribution in [-0.2, 0) is 14.3 Å². The number of hydrazine groups is 1. The standard InChI is InChI=1S/C20H18N2O6/c1-13(19(24)21-22-20(25)15-5-3-2-4-6-15)28-18(23)10-8-14-7-9-16-17(11-14)27-12-26-16/h2-11,13H,12H2,1H3,(H,21,24)(H,22,25)/b10-8+/t13-/m0/s1. The maximum Gasteiger partial charge on any atom is 0.331 e. The van der Waals surface area contributed by atoms with Gasteiger partial charge in [0, 0.05) is 11.6 Å². The molecular formula is C20H18N2O6. The van der Waals surface area contributed by atoms with Gasteiger partial charge in [0.1, 0.15) is 0 Å². The molecule has 3 rings (SSSR count). The highest BCUT2D eigenvalue weighted by Crippen LogP contribution is 2.32. The molecule has 1 heterocycles. The van der Waals surface area contributed by atoms with E-state index in [0.717, 1.165) is 0 Å². The second-order valence-corrected chi connectivity index (χ2v) is 5.83. The van der Waals surface area contributed by atoms with E-state index in [1.807, 2.05) is 0 Å². The average molecular weight is 382 g/mol. The lowest BCUT2D eigenvalue weighted by Gasteiger charge is -2.13. The summed E-state index contributed by atoms with van der Waals surface area (Å²) in [6, 6.07) is 13.6. The average Bonchev–Trinajstić information content (AvgIpc) is 3.18. The van der Waals surface area contributed by atoms with Crippen molar-refractivity contribution in [2.24, 2.45) is 0 Å². The van der Waals surface area contributed by atoms with Gasteiger partial charge in [-0.05, 0) is 42.8 Å². The van der Waals surface area contributed by atoms with Crippen LogP contribution in [0.25, 0.3) is 6.08 Å². The first-order chi connectivity index (χ1) is 13.5. The molecule has 8 nitrogen and oxygen atoms in total. The van der Waals surface area contributed by atoms with Crippen LogP contribution in [0.3, 0.4) is 0 Å². The van der Waals surface area contributed by atoms with Crippen molar-refractivity contribution in [1.82, 2.24) is 10.9 Å². The van der Waals surface area contributed by atoms with Crippen molar-refractivity contribution in [3.05, 3.63) is 65.7 Å². The molecule has 8 heteroatoms. The Kier molecular flexibility index (Phi) is 5.91. The predicted octanol–water partition coefficient (Wildman–Crippen LogP) is 1.82. The van der Waals surface area contributed by atoms with Crippen molar-refractivity contribution in [3.8, 4) is 11.5 Å². The molecule has 0 spiro atoms. The molecule has 2 amide bonds. The topological polar surface area (TPSA) is 103 Å². The fraction of sp³-hybridized carbons (Fsp3) is 0.150. The van der Waals surface area contributed by atoms with E-state index in [4.69, 9.17) is 14.2 Å². The van der Waals surface area contributed by atoms with E-state index < -0.39 is 23.9 Å². The lowest BCUT2D eigenvalue weighted by molar-refractivity contribution is -0.150. The zero-order valence-corrected chi connectivity index (χ0v) is 15.0. The van der Waals surface area contributed by atoms with Crippen LogP contribution >= 0.6 is 0 Å². The predicted molar refractivity (Wildman–Crippen MR) is 99.2 cm³/mol. The van der Waals surface area contributed by atoms with Gasteiger partial charge in [-0.2, -0.15) is 0 Å². The van der Waals surface area contributed by atoms with Crippen LogP contribution in [0.5, 0.6) is 11.5 Å². The van der Waals surface area contributed by atoms with Crippen molar-refractivity contribution in [1.29, 1.82) is 0 Å². The molecule has 28 heavy (non-hydrogen) atoms. The lowest BCUT2D eigenvalue weighted by Crippen LogP contribution is -2.46. The van der Waals surface area contributed by atoms with E-state index in [2.05, 4.69) is 10.9 Å². The van der Waals surface area contributed by atoms with Crippen molar-refractivity contribution < 1.29 is 28.6 Å². The highest BCUT2D eigenvalue weighted by atomic mass is 16.7. The number of nitrogens with one attached hydrogen (secondary N) is 2. The minimum atomic E-state index is -1.09. The number of amides is 2. The maximum atomic E-state index is 12.0. The Morgan fingerprint density at radius 2 is 1.79 bits per heavy atom. The molecule has 2 aromatic carbocycles. The van der Waals surface area contributed by atoms with Gasteiger partial charge in [-0.3, -0.25) is 20.4 Å². The van der Waals surface area contributed by atoms with Crippen LogP contribution in [0.4, 0.5) is 0 Å². The van der Waals surface area contributed by atoms with Crippen LogP contribution in [-0.4, -0.2) is 30.7 Å². The molecule has 1 aliphatic rings. The van der Waals surface area contributed by atoms with Gasteiger partial charge in [0.25, 0.3) is 11.8 Å². The number of hydrogen-bond acceptors (Lipinski definition) is 6. The van der Waals surface area contributed by atoms with E-state index >= 15 is 0 Å². The number of esters is 1. The van der Waals surface area contributed by atoms with Crippen molar-refractivity contribution in [2.75, 3.05) is 6.79 Å². The summed E-state index contributed by atoms with van der Waals surface area (Å²) in [4.78, 5) is 35.7. The zero-order chi connectivity index (χ0) is 19.9. The fourth-order valence-corrected chi connectivity index (χ4v) is 2.33. The quantitative estimate of drug-likeness (QED) is 0.465. The number of benzene rings is 2. The number of carbonyl (C=O) groups excluding carboxylic acids is 3. The zero-order valence-electron chi connectivity index (χ0n) is 15.0. The Morgan fingerprint density at radius 1 is 1.04 bits per heavy atom. The minimum Gasteiger partial charge on any atom is -0.454 e. The third-order valence-electron chi connectivity index (χ3n) is 3.81. The first-order valence-corrected chi connectivity index (χ1v) is 8.46. The van der Waals surface area contributed by atoms with Gasteiger partial charge < -0.3 is 14.2 Å². The fourth-order valence-electron chi connectivity index (χ4n) is 2.33. The summed E-state index contributed by atoms with van der Waals surface area (Å²) in [5, 5.41) is 0. The van der Waals surface area contributed by atoms with Gasteiger partial charge in [0.2, 0.25) is 6.79 Å². The summed E-state index contributed by atoms with van der Waals surface area (Å²) < 4.78 is 15.5. The molecule has 0 bridgehead atoms. The van der Waals surface area contributed by atoms with Crippen LogP contribution in [0.15, 0.2) is 54.6 Å². The highest BCUT2D eigenvalue weighted by Gasteiger charge is 2.17. The molecule has 0 aliphatic carbocycles. The molecule has 1 atom stereocenters. The smallest absolute Gasteiger partial charge is 0.331 e. The van der Waals surface area contributed by atoms with Crippen molar-refractivity contribution in [3.63, 3.8) is 0 Å². The molecule has 1 aliphatic heterocycles. The molecule has 2 N–H and O–H groups in total. The molecule has 2 aromatic rings. The van der Waals surface area contributed by atoms with E-state index in [1.54, 1.807) is 48.5 Å². The summed E-state index contributed by atoms with van der Waals surface area (Å²) in [6.07, 6.45) is 1.64. The van der Waals surface area contributed by atoms with Gasteiger partial charge in [-0.1, -0.05) is 24.3 Å². The maximum absolute atomic E-state index is 12.0. The minimum absolute atomic E-state index is 0.165. The van der Waals surface area contributed by atoms with Crippen LogP contribution in [0.2, 0.25) is 0 Å². The Labute approximate surface area is 161 Å². The third-order valence-corrected chi connectivity index (χ3v) is 3.81. The third kappa shape index (κ3) is 4.88. The summed E-state index contributed by atoms with van der Waals surface area (Å²) in [7, 11) is 0. The van der Waals surface area contributed by atoms with Crippen LogP contribution in [0, 0.1) is 0 Å². The SMILES string of the molecule is C[C@H](OC(=O)/C=C/c1ccc2c(c1)OCO2)C(=O)NNC(=O)c1ccccc1. The summed E-state index contributed by atoms with van der Waals surface area (Å²) >= 11 is 0. The first-order valence-electron chi connectivity index (χ1n) is 8.46. The molecule has 0 saturated heterocycles. The van der Waals surface area contributed by atoms with E-state index in [1.165, 1.54) is 19.1 Å². The van der Waals surface area contributed by atoms with Gasteiger partial charge >= 0.3 is 5.97 Å². The van der Waals surface area contributed by atoms with Crippen LogP contribution in [0.1, 0.15) is 22.8 Å². The van der Waals surface area contributed by atoms with Gasteiger partial charge in [-0.25, -0.2) is 4.79 Å². The molecule has 0 aromatic heterocycles. The number of hydrogen-bond donors (Lipinski definition) is 2. The molecule has 0 radical (unpaired) electrons. The Bertz CT molecular complexity index is 910. The Morgan fingerprint density at radius 3 is 2.57 bits per heavy atom. The first kappa shape index (κ1) is 19.0. The van der Waals surface area contributed by atoms with E-state index in [-0.39, 0.29) is 6.79 Å². The molecular weight excluding hydrogens is 364 g/mol. The molecule has 0 unspecified atom stereocenters. The number of fused-ring (bicyclic) bond motifs is 1. The van der Waals surface area contributed by atoms with E-state index in [9.17, 15) is 14.4 Å². The second kappa shape index (κ2) is 8.72. The molecule has 0 saturated carbocycles.